The smallest absolute Gasteiger partial charge is 0.303 e. The maximum absolute atomic E-state index is 10.6. The number of carboxylic acids is 1. The van der Waals surface area contributed by atoms with Gasteiger partial charge in [-0.1, -0.05) is 12.1 Å². The third-order valence-electron chi connectivity index (χ3n) is 4.39. The molecule has 3 rings (SSSR count). The molecule has 0 spiro atoms. The van der Waals surface area contributed by atoms with Gasteiger partial charge in [-0.2, -0.15) is 0 Å². The van der Waals surface area contributed by atoms with Gasteiger partial charge < -0.3 is 19.0 Å². The van der Waals surface area contributed by atoms with Gasteiger partial charge in [-0.15, -0.1) is 0 Å². The Morgan fingerprint density at radius 2 is 1.71 bits per heavy atom. The van der Waals surface area contributed by atoms with Crippen LogP contribution >= 0.6 is 0 Å². The molecule has 0 bridgehead atoms. The predicted octanol–water partition coefficient (Wildman–Crippen LogP) is 4.30. The highest BCUT2D eigenvalue weighted by Crippen LogP contribution is 2.24. The molecule has 6 nitrogen and oxygen atoms in total. The van der Waals surface area contributed by atoms with E-state index < -0.39 is 5.97 Å². The average molecular weight is 381 g/mol. The van der Waals surface area contributed by atoms with Crippen LogP contribution in [0.15, 0.2) is 52.9 Å². The minimum Gasteiger partial charge on any atom is -0.497 e. The van der Waals surface area contributed by atoms with Crippen molar-refractivity contribution >= 4 is 5.97 Å². The van der Waals surface area contributed by atoms with Crippen LogP contribution in [0.3, 0.4) is 0 Å². The maximum atomic E-state index is 10.6. The van der Waals surface area contributed by atoms with Crippen LogP contribution in [0.5, 0.6) is 11.5 Å². The Kier molecular flexibility index (Phi) is 6.32. The number of hydrogen-bond acceptors (Lipinski definition) is 5. The second kappa shape index (κ2) is 9.08. The largest absolute Gasteiger partial charge is 0.497 e. The number of rotatable bonds is 9. The SMILES string of the molecule is COc1ccc(-c2nc(CCOc3ccc(CCC(=O)O)cc3)c(C)o2)cc1. The zero-order chi connectivity index (χ0) is 19.9. The lowest BCUT2D eigenvalue weighted by molar-refractivity contribution is -0.136. The summed E-state index contributed by atoms with van der Waals surface area (Å²) >= 11 is 0. The minimum absolute atomic E-state index is 0.127. The van der Waals surface area contributed by atoms with Crippen LogP contribution in [0.2, 0.25) is 0 Å². The number of hydrogen-bond donors (Lipinski definition) is 1. The summed E-state index contributed by atoms with van der Waals surface area (Å²) in [6.45, 7) is 2.37. The zero-order valence-electron chi connectivity index (χ0n) is 16.0. The van der Waals surface area contributed by atoms with Gasteiger partial charge in [-0.25, -0.2) is 4.98 Å². The lowest BCUT2D eigenvalue weighted by Crippen LogP contribution is -2.03. The first-order valence-corrected chi connectivity index (χ1v) is 9.09. The van der Waals surface area contributed by atoms with Crippen molar-refractivity contribution in [1.29, 1.82) is 0 Å². The second-order valence-electron chi connectivity index (χ2n) is 6.39. The summed E-state index contributed by atoms with van der Waals surface area (Å²) in [4.78, 5) is 15.2. The van der Waals surface area contributed by atoms with E-state index in [4.69, 9.17) is 19.0 Å². The van der Waals surface area contributed by atoms with Crippen LogP contribution in [0.4, 0.5) is 0 Å². The Morgan fingerprint density at radius 3 is 2.36 bits per heavy atom. The summed E-state index contributed by atoms with van der Waals surface area (Å²) in [5.74, 6) is 2.10. The van der Waals surface area contributed by atoms with E-state index in [-0.39, 0.29) is 6.42 Å². The molecule has 0 saturated carbocycles. The van der Waals surface area contributed by atoms with E-state index in [1.54, 1.807) is 7.11 Å². The maximum Gasteiger partial charge on any atom is 0.303 e. The van der Waals surface area contributed by atoms with Gasteiger partial charge in [-0.05, 0) is 55.3 Å². The molecule has 2 aromatic carbocycles. The first kappa shape index (κ1) is 19.5. The van der Waals surface area contributed by atoms with Gasteiger partial charge in [0.05, 0.1) is 19.4 Å². The third-order valence-corrected chi connectivity index (χ3v) is 4.39. The molecule has 1 aromatic heterocycles. The van der Waals surface area contributed by atoms with Crippen molar-refractivity contribution in [3.63, 3.8) is 0 Å². The van der Waals surface area contributed by atoms with Crippen molar-refractivity contribution in [2.45, 2.75) is 26.2 Å². The molecule has 0 saturated heterocycles. The fourth-order valence-electron chi connectivity index (χ4n) is 2.79. The summed E-state index contributed by atoms with van der Waals surface area (Å²) in [7, 11) is 1.63. The fraction of sp³-hybridized carbons (Fsp3) is 0.273. The molecule has 28 heavy (non-hydrogen) atoms. The van der Waals surface area contributed by atoms with Gasteiger partial charge in [0, 0.05) is 18.4 Å². The Labute approximate surface area is 163 Å². The van der Waals surface area contributed by atoms with Crippen LogP contribution in [-0.2, 0) is 17.6 Å². The number of aromatic nitrogens is 1. The molecule has 3 aromatic rings. The first-order valence-electron chi connectivity index (χ1n) is 9.09. The van der Waals surface area contributed by atoms with E-state index in [1.807, 2.05) is 55.5 Å². The molecule has 1 N–H and O–H groups in total. The van der Waals surface area contributed by atoms with Crippen LogP contribution in [0.25, 0.3) is 11.5 Å². The van der Waals surface area contributed by atoms with Gasteiger partial charge in [0.1, 0.15) is 17.3 Å². The van der Waals surface area contributed by atoms with Gasteiger partial charge >= 0.3 is 5.97 Å². The quantitative estimate of drug-likeness (QED) is 0.595. The predicted molar refractivity (Wildman–Crippen MR) is 105 cm³/mol. The number of carbonyl (C=O) groups is 1. The Bertz CT molecular complexity index is 913. The number of aliphatic carboxylic acids is 1. The summed E-state index contributed by atoms with van der Waals surface area (Å²) in [6, 6.07) is 15.1. The molecule has 0 aliphatic rings. The van der Waals surface area contributed by atoms with Crippen LogP contribution in [0, 0.1) is 6.92 Å². The summed E-state index contributed by atoms with van der Waals surface area (Å²) < 4.78 is 16.7. The van der Waals surface area contributed by atoms with Gasteiger partial charge in [-0.3, -0.25) is 4.79 Å². The van der Waals surface area contributed by atoms with E-state index in [9.17, 15) is 4.79 Å². The molecule has 0 amide bonds. The Hall–Kier alpha value is -3.28. The third kappa shape index (κ3) is 5.13. The topological polar surface area (TPSA) is 81.8 Å². The van der Waals surface area contributed by atoms with Crippen LogP contribution in [-0.4, -0.2) is 29.8 Å². The molecule has 0 unspecified atom stereocenters. The van der Waals surface area contributed by atoms with E-state index in [1.165, 1.54) is 0 Å². The van der Waals surface area contributed by atoms with Crippen molar-refractivity contribution in [3.8, 4) is 23.0 Å². The van der Waals surface area contributed by atoms with Crippen molar-refractivity contribution in [2.24, 2.45) is 0 Å². The monoisotopic (exact) mass is 381 g/mol. The molecule has 6 heteroatoms. The first-order chi connectivity index (χ1) is 13.5. The van der Waals surface area contributed by atoms with Crippen LogP contribution in [0.1, 0.15) is 23.4 Å². The molecular formula is C22H23NO5. The standard InChI is InChI=1S/C22H23NO5/c1-15-20(23-22(28-15)17-6-10-18(26-2)11-7-17)13-14-27-19-8-3-16(4-9-19)5-12-21(24)25/h3-4,6-11H,5,12-14H2,1-2H3,(H,24,25). The molecule has 0 fully saturated rings. The summed E-state index contributed by atoms with van der Waals surface area (Å²) in [5, 5.41) is 8.73. The number of oxazole rings is 1. The van der Waals surface area contributed by atoms with Gasteiger partial charge in [0.2, 0.25) is 5.89 Å². The normalized spacial score (nSPS) is 10.6. The fourth-order valence-corrected chi connectivity index (χ4v) is 2.79. The Morgan fingerprint density at radius 1 is 1.04 bits per heavy atom. The Balaban J connectivity index is 1.54. The lowest BCUT2D eigenvalue weighted by atomic mass is 10.1. The van der Waals surface area contributed by atoms with E-state index in [2.05, 4.69) is 4.98 Å². The van der Waals surface area contributed by atoms with Crippen LogP contribution < -0.4 is 9.47 Å². The number of methoxy groups -OCH3 is 1. The van der Waals surface area contributed by atoms with Crippen molar-refractivity contribution in [1.82, 2.24) is 4.98 Å². The highest BCUT2D eigenvalue weighted by Gasteiger charge is 2.12. The molecular weight excluding hydrogens is 358 g/mol. The summed E-state index contributed by atoms with van der Waals surface area (Å²) in [6.07, 6.45) is 1.27. The van der Waals surface area contributed by atoms with Gasteiger partial charge in [0.25, 0.3) is 0 Å². The zero-order valence-corrected chi connectivity index (χ0v) is 16.0. The number of ether oxygens (including phenoxy) is 2. The molecule has 0 atom stereocenters. The minimum atomic E-state index is -0.794. The van der Waals surface area contributed by atoms with E-state index in [0.717, 1.165) is 34.1 Å². The number of aryl methyl sites for hydroxylation is 2. The van der Waals surface area contributed by atoms with E-state index in [0.29, 0.717) is 25.3 Å². The highest BCUT2D eigenvalue weighted by molar-refractivity contribution is 5.67. The molecule has 0 radical (unpaired) electrons. The highest BCUT2D eigenvalue weighted by atomic mass is 16.5. The number of carboxylic acid groups (broad SMARTS) is 1. The molecule has 0 aliphatic heterocycles. The van der Waals surface area contributed by atoms with Crippen molar-refractivity contribution in [2.75, 3.05) is 13.7 Å². The van der Waals surface area contributed by atoms with E-state index >= 15 is 0 Å². The molecule has 146 valence electrons. The van der Waals surface area contributed by atoms with Crippen molar-refractivity contribution < 1.29 is 23.8 Å². The van der Waals surface area contributed by atoms with Crippen molar-refractivity contribution in [3.05, 3.63) is 65.5 Å². The number of benzene rings is 2. The second-order valence-corrected chi connectivity index (χ2v) is 6.39. The molecule has 0 aliphatic carbocycles. The number of nitrogens with zero attached hydrogens (tertiary/aromatic N) is 1. The molecule has 1 heterocycles. The summed E-state index contributed by atoms with van der Waals surface area (Å²) in [5.41, 5.74) is 2.74. The lowest BCUT2D eigenvalue weighted by Gasteiger charge is -2.06. The van der Waals surface area contributed by atoms with Gasteiger partial charge in [0.15, 0.2) is 0 Å². The average Bonchev–Trinajstić information content (AvgIpc) is 3.08.